The third-order valence-corrected chi connectivity index (χ3v) is 13.2. The summed E-state index contributed by atoms with van der Waals surface area (Å²) in [5, 5.41) is 25.4. The maximum absolute atomic E-state index is 15.2. The van der Waals surface area contributed by atoms with Gasteiger partial charge in [-0.15, -0.1) is 0 Å². The van der Waals surface area contributed by atoms with E-state index in [0.717, 1.165) is 81.9 Å². The normalized spacial score (nSPS) is 20.9. The largest absolute Gasteiger partial charge is 0.507 e. The number of imide groups is 1. The average Bonchev–Trinajstić information content (AvgIpc) is 3.70. The summed E-state index contributed by atoms with van der Waals surface area (Å²) in [4.78, 5) is 47.4. The number of nitrogens with zero attached hydrogens (tertiary/aromatic N) is 7. The van der Waals surface area contributed by atoms with Crippen molar-refractivity contribution < 1.29 is 28.4 Å². The van der Waals surface area contributed by atoms with Gasteiger partial charge in [-0.2, -0.15) is 10.2 Å². The molecule has 13 nitrogen and oxygen atoms in total. The van der Waals surface area contributed by atoms with Gasteiger partial charge in [0, 0.05) is 81.7 Å². The van der Waals surface area contributed by atoms with Crippen molar-refractivity contribution in [3.63, 3.8) is 0 Å². The van der Waals surface area contributed by atoms with Crippen molar-refractivity contribution in [2.45, 2.75) is 82.1 Å². The fraction of sp³-hybridized carbons (Fsp3) is 0.500. The van der Waals surface area contributed by atoms with Crippen LogP contribution in [0.2, 0.25) is 0 Å². The number of para-hydroxylation sites is 1. The third-order valence-electron chi connectivity index (χ3n) is 13.2. The molecular weight excluding hydrogens is 740 g/mol. The number of rotatable bonds is 10. The molecule has 2 aromatic carbocycles. The van der Waals surface area contributed by atoms with Crippen LogP contribution in [0.1, 0.15) is 80.7 Å². The van der Waals surface area contributed by atoms with Gasteiger partial charge in [0.1, 0.15) is 17.0 Å². The molecule has 4 saturated heterocycles. The first-order chi connectivity index (χ1) is 28.1. The maximum Gasteiger partial charge on any atom is 0.236 e. The fourth-order valence-electron chi connectivity index (χ4n) is 9.52. The molecule has 0 bridgehead atoms. The summed E-state index contributed by atoms with van der Waals surface area (Å²) in [6, 6.07) is 16.2. The average molecular weight is 793 g/mol. The number of nitrogens with one attached hydrogen (secondary N) is 1. The Bertz CT molecular complexity index is 2120. The van der Waals surface area contributed by atoms with Crippen LogP contribution in [-0.4, -0.2) is 107 Å². The monoisotopic (exact) mass is 792 g/mol. The predicted octanol–water partition coefficient (Wildman–Crippen LogP) is 5.57. The molecule has 14 heteroatoms. The number of phenols is 1. The number of piperidine rings is 4. The Kier molecular flexibility index (Phi) is 11.5. The standard InChI is InChI=1S/C44H53FN8O5/c1-29-25-40(58-49-29)44(16-23-53(24-17-44)33-27-38(48-46-28-33)36-5-3-4-6-39(36)54)43(57)50(2)31-14-19-51(20-15-31)18-11-30-12-21-52(22-13-30)32-7-8-34(37(45)26-32)35-9-10-41(55)47-42(35)56/h3-8,25-28,30-31,35,54H,9-24H2,1-2H3,(H,47,55,56)/t35-/m1/s1. The topological polar surface area (TPSA) is 148 Å². The smallest absolute Gasteiger partial charge is 0.236 e. The number of carbonyl (C=O) groups is 3. The molecule has 0 spiro atoms. The number of aromatic hydroxyl groups is 1. The summed E-state index contributed by atoms with van der Waals surface area (Å²) >= 11 is 0. The van der Waals surface area contributed by atoms with E-state index >= 15 is 4.39 Å². The van der Waals surface area contributed by atoms with Crippen LogP contribution in [0.4, 0.5) is 15.8 Å². The first kappa shape index (κ1) is 39.5. The third kappa shape index (κ3) is 8.16. The predicted molar refractivity (Wildman–Crippen MR) is 217 cm³/mol. The highest BCUT2D eigenvalue weighted by atomic mass is 19.1. The molecule has 0 unspecified atom stereocenters. The van der Waals surface area contributed by atoms with Crippen LogP contribution >= 0.6 is 0 Å². The molecule has 1 atom stereocenters. The van der Waals surface area contributed by atoms with Gasteiger partial charge in [-0.3, -0.25) is 19.7 Å². The van der Waals surface area contributed by atoms with Gasteiger partial charge < -0.3 is 29.2 Å². The molecule has 4 aliphatic heterocycles. The van der Waals surface area contributed by atoms with Crippen LogP contribution in [0.25, 0.3) is 11.3 Å². The van der Waals surface area contributed by atoms with E-state index in [0.29, 0.717) is 60.9 Å². The Morgan fingerprint density at radius 2 is 1.69 bits per heavy atom. The highest BCUT2D eigenvalue weighted by Crippen LogP contribution is 2.41. The SMILES string of the molecule is Cc1cc(C2(C(=O)N(C)C3CCN(CCC4CCN(c5ccc([C@H]6CCC(=O)NC6=O)c(F)c5)CC4)CC3)CCN(c3cnnc(-c4ccccc4O)c3)CC2)on1. The van der Waals surface area contributed by atoms with Crippen molar-refractivity contribution in [3.05, 3.63) is 83.6 Å². The first-order valence-corrected chi connectivity index (χ1v) is 20.8. The summed E-state index contributed by atoms with van der Waals surface area (Å²) < 4.78 is 21.0. The van der Waals surface area contributed by atoms with Crippen molar-refractivity contribution in [1.29, 1.82) is 0 Å². The van der Waals surface area contributed by atoms with Crippen molar-refractivity contribution in [1.82, 2.24) is 30.5 Å². The second-order valence-corrected chi connectivity index (χ2v) is 16.6. The number of amides is 3. The van der Waals surface area contributed by atoms with Gasteiger partial charge in [-0.25, -0.2) is 4.39 Å². The fourth-order valence-corrected chi connectivity index (χ4v) is 9.52. The van der Waals surface area contributed by atoms with Crippen LogP contribution in [0.15, 0.2) is 65.3 Å². The van der Waals surface area contributed by atoms with E-state index < -0.39 is 23.1 Å². The quantitative estimate of drug-likeness (QED) is 0.194. The minimum absolute atomic E-state index is 0.0850. The van der Waals surface area contributed by atoms with E-state index in [1.807, 2.05) is 49.2 Å². The minimum atomic E-state index is -0.819. The van der Waals surface area contributed by atoms with E-state index in [1.165, 1.54) is 6.07 Å². The van der Waals surface area contributed by atoms with Crippen molar-refractivity contribution >= 4 is 29.1 Å². The number of hydrogen-bond donors (Lipinski definition) is 2. The van der Waals surface area contributed by atoms with E-state index in [1.54, 1.807) is 24.4 Å². The molecule has 2 N–H and O–H groups in total. The van der Waals surface area contributed by atoms with Gasteiger partial charge in [0.2, 0.25) is 17.7 Å². The zero-order valence-corrected chi connectivity index (χ0v) is 33.4. The number of carbonyl (C=O) groups excluding carboxylic acids is 3. The Morgan fingerprint density at radius 3 is 2.38 bits per heavy atom. The first-order valence-electron chi connectivity index (χ1n) is 20.8. The van der Waals surface area contributed by atoms with Crippen LogP contribution in [0, 0.1) is 18.7 Å². The van der Waals surface area contributed by atoms with Gasteiger partial charge in [0.25, 0.3) is 0 Å². The maximum atomic E-state index is 15.2. The number of hydrogen-bond acceptors (Lipinski definition) is 11. The molecular formula is C44H53FN8O5. The summed E-state index contributed by atoms with van der Waals surface area (Å²) in [5.41, 5.74) is 3.24. The van der Waals surface area contributed by atoms with E-state index in [2.05, 4.69) is 35.4 Å². The van der Waals surface area contributed by atoms with Gasteiger partial charge in [-0.1, -0.05) is 23.4 Å². The molecule has 4 fully saturated rings. The van der Waals surface area contributed by atoms with Crippen molar-refractivity contribution in [3.8, 4) is 17.0 Å². The zero-order valence-electron chi connectivity index (χ0n) is 33.4. The lowest BCUT2D eigenvalue weighted by Gasteiger charge is -2.44. The highest BCUT2D eigenvalue weighted by molar-refractivity contribution is 6.01. The number of halogens is 1. The molecule has 4 aromatic rings. The zero-order chi connectivity index (χ0) is 40.4. The molecule has 3 amide bonds. The van der Waals surface area contributed by atoms with Crippen LogP contribution in [0.5, 0.6) is 5.75 Å². The summed E-state index contributed by atoms with van der Waals surface area (Å²) in [5.74, 6) is -0.279. The minimum Gasteiger partial charge on any atom is -0.507 e. The lowest BCUT2D eigenvalue weighted by Crippen LogP contribution is -2.55. The van der Waals surface area contributed by atoms with Gasteiger partial charge in [0.05, 0.1) is 29.2 Å². The number of benzene rings is 2. The second kappa shape index (κ2) is 16.8. The number of likely N-dealkylation sites (tertiary alicyclic amines) is 1. The van der Waals surface area contributed by atoms with E-state index in [-0.39, 0.29) is 30.0 Å². The molecule has 0 radical (unpaired) electrons. The summed E-state index contributed by atoms with van der Waals surface area (Å²) in [7, 11) is 1.95. The molecule has 306 valence electrons. The van der Waals surface area contributed by atoms with Gasteiger partial charge in [-0.05, 0) is 101 Å². The molecule has 6 heterocycles. The highest BCUT2D eigenvalue weighted by Gasteiger charge is 2.49. The molecule has 58 heavy (non-hydrogen) atoms. The number of aromatic nitrogens is 3. The van der Waals surface area contributed by atoms with Crippen LogP contribution in [0.3, 0.4) is 0 Å². The van der Waals surface area contributed by atoms with Crippen molar-refractivity contribution in [2.75, 3.05) is 62.7 Å². The lowest BCUT2D eigenvalue weighted by atomic mass is 9.74. The number of aryl methyl sites for hydroxylation is 1. The van der Waals surface area contributed by atoms with E-state index in [9.17, 15) is 19.5 Å². The summed E-state index contributed by atoms with van der Waals surface area (Å²) in [6.45, 7) is 7.76. The van der Waals surface area contributed by atoms with Crippen molar-refractivity contribution in [2.24, 2.45) is 5.92 Å². The Balaban J connectivity index is 0.823. The van der Waals surface area contributed by atoms with Gasteiger partial charge >= 0.3 is 0 Å². The number of likely N-dealkylation sites (N-methyl/N-ethyl adjacent to an activating group) is 1. The Labute approximate surface area is 338 Å². The molecule has 0 aliphatic carbocycles. The van der Waals surface area contributed by atoms with Gasteiger partial charge in [0.15, 0.2) is 5.76 Å². The second-order valence-electron chi connectivity index (χ2n) is 16.6. The van der Waals surface area contributed by atoms with Crippen LogP contribution < -0.4 is 15.1 Å². The van der Waals surface area contributed by atoms with Crippen LogP contribution in [-0.2, 0) is 19.8 Å². The Morgan fingerprint density at radius 1 is 0.948 bits per heavy atom. The molecule has 0 saturated carbocycles. The molecule has 2 aromatic heterocycles. The van der Waals surface area contributed by atoms with E-state index in [4.69, 9.17) is 4.52 Å². The molecule has 8 rings (SSSR count). The Hall–Kier alpha value is -5.37. The molecule has 4 aliphatic rings. The number of anilines is 2. The summed E-state index contributed by atoms with van der Waals surface area (Å²) in [6.07, 6.45) is 8.45. The lowest BCUT2D eigenvalue weighted by molar-refractivity contribution is -0.141. The number of phenolic OH excluding ortho intramolecular Hbond substituents is 1.